The molecule has 2 aliphatic heterocycles. The average Bonchev–Trinajstić information content (AvgIpc) is 2.45. The number of carbonyl (C=O) groups is 1. The second kappa shape index (κ2) is 8.14. The molecule has 0 amide bonds. The van der Waals surface area contributed by atoms with Gasteiger partial charge in [-0.3, -0.25) is 4.79 Å². The van der Waals surface area contributed by atoms with Crippen LogP contribution in [0.3, 0.4) is 0 Å². The maximum atomic E-state index is 10.7. The van der Waals surface area contributed by atoms with Crippen molar-refractivity contribution in [2.24, 2.45) is 11.8 Å². The molecule has 0 aromatic heterocycles. The molecular formula is C17H32N2O2. The molecule has 1 unspecified atom stereocenters. The highest BCUT2D eigenvalue weighted by Gasteiger charge is 2.28. The minimum absolute atomic E-state index is 0.339. The number of hydrogen-bond donors (Lipinski definition) is 1. The summed E-state index contributed by atoms with van der Waals surface area (Å²) in [6.07, 6.45) is 6.24. The standard InChI is InChI=1S/C17H32N2O2/c1-14(2)12-18-10-7-16(8-11-18)19-9-3-4-15(13-19)5-6-17(20)21/h14-16H,3-13H2,1-2H3,(H,20,21). The van der Waals surface area contributed by atoms with Gasteiger partial charge in [-0.25, -0.2) is 0 Å². The Bertz CT molecular complexity index is 325. The highest BCUT2D eigenvalue weighted by molar-refractivity contribution is 5.66. The fraction of sp³-hybridized carbons (Fsp3) is 0.941. The lowest BCUT2D eigenvalue weighted by Gasteiger charge is -2.42. The fourth-order valence-electron chi connectivity index (χ4n) is 3.98. The van der Waals surface area contributed by atoms with Crippen molar-refractivity contribution in [3.05, 3.63) is 0 Å². The summed E-state index contributed by atoms with van der Waals surface area (Å²) < 4.78 is 0. The van der Waals surface area contributed by atoms with Gasteiger partial charge in [0, 0.05) is 25.6 Å². The Kier molecular flexibility index (Phi) is 6.49. The van der Waals surface area contributed by atoms with E-state index in [4.69, 9.17) is 5.11 Å². The second-order valence-corrected chi connectivity index (χ2v) is 7.36. The third-order valence-electron chi connectivity index (χ3n) is 5.01. The molecule has 0 aliphatic carbocycles. The van der Waals surface area contributed by atoms with Crippen molar-refractivity contribution >= 4 is 5.97 Å². The summed E-state index contributed by atoms with van der Waals surface area (Å²) >= 11 is 0. The highest BCUT2D eigenvalue weighted by atomic mass is 16.4. The smallest absolute Gasteiger partial charge is 0.303 e. The lowest BCUT2D eigenvalue weighted by atomic mass is 9.90. The van der Waals surface area contributed by atoms with Crippen LogP contribution in [0.15, 0.2) is 0 Å². The molecule has 122 valence electrons. The molecule has 2 rings (SSSR count). The van der Waals surface area contributed by atoms with Gasteiger partial charge in [-0.2, -0.15) is 0 Å². The predicted molar refractivity (Wildman–Crippen MR) is 85.5 cm³/mol. The van der Waals surface area contributed by atoms with Crippen LogP contribution >= 0.6 is 0 Å². The molecular weight excluding hydrogens is 264 g/mol. The van der Waals surface area contributed by atoms with Crippen LogP contribution < -0.4 is 0 Å². The largest absolute Gasteiger partial charge is 0.481 e. The van der Waals surface area contributed by atoms with Gasteiger partial charge in [-0.1, -0.05) is 13.8 Å². The normalized spacial score (nSPS) is 26.3. The van der Waals surface area contributed by atoms with Crippen molar-refractivity contribution in [1.82, 2.24) is 9.80 Å². The van der Waals surface area contributed by atoms with E-state index in [1.54, 1.807) is 0 Å². The van der Waals surface area contributed by atoms with Crippen molar-refractivity contribution in [3.63, 3.8) is 0 Å². The van der Waals surface area contributed by atoms with Crippen molar-refractivity contribution in [2.75, 3.05) is 32.7 Å². The van der Waals surface area contributed by atoms with Gasteiger partial charge >= 0.3 is 5.97 Å². The van der Waals surface area contributed by atoms with Gasteiger partial charge in [0.05, 0.1) is 0 Å². The van der Waals surface area contributed by atoms with Crippen LogP contribution in [-0.2, 0) is 4.79 Å². The molecule has 0 radical (unpaired) electrons. The lowest BCUT2D eigenvalue weighted by Crippen LogP contribution is -2.49. The maximum absolute atomic E-state index is 10.7. The second-order valence-electron chi connectivity index (χ2n) is 7.36. The van der Waals surface area contributed by atoms with E-state index in [9.17, 15) is 4.79 Å². The summed E-state index contributed by atoms with van der Waals surface area (Å²) in [6, 6.07) is 0.737. The Balaban J connectivity index is 1.73. The SMILES string of the molecule is CC(C)CN1CCC(N2CCCC(CCC(=O)O)C2)CC1. The number of nitrogens with zero attached hydrogens (tertiary/aromatic N) is 2. The molecule has 2 heterocycles. The van der Waals surface area contributed by atoms with E-state index in [1.807, 2.05) is 0 Å². The molecule has 0 aromatic rings. The summed E-state index contributed by atoms with van der Waals surface area (Å²) in [5.41, 5.74) is 0. The Morgan fingerprint density at radius 3 is 2.52 bits per heavy atom. The first kappa shape index (κ1) is 16.8. The fourth-order valence-corrected chi connectivity index (χ4v) is 3.98. The van der Waals surface area contributed by atoms with Crippen LogP contribution in [0.1, 0.15) is 52.4 Å². The maximum Gasteiger partial charge on any atom is 0.303 e. The van der Waals surface area contributed by atoms with Crippen LogP contribution in [0.25, 0.3) is 0 Å². The van der Waals surface area contributed by atoms with E-state index in [0.717, 1.165) is 24.9 Å². The first-order valence-electron chi connectivity index (χ1n) is 8.72. The minimum atomic E-state index is -0.644. The van der Waals surface area contributed by atoms with E-state index in [1.165, 1.54) is 51.9 Å². The number of rotatable bonds is 6. The summed E-state index contributed by atoms with van der Waals surface area (Å²) in [6.45, 7) is 10.6. The van der Waals surface area contributed by atoms with Gasteiger partial charge in [-0.05, 0) is 63.6 Å². The molecule has 0 spiro atoms. The van der Waals surface area contributed by atoms with Gasteiger partial charge in [-0.15, -0.1) is 0 Å². The van der Waals surface area contributed by atoms with E-state index < -0.39 is 5.97 Å². The zero-order valence-electron chi connectivity index (χ0n) is 13.8. The minimum Gasteiger partial charge on any atom is -0.481 e. The summed E-state index contributed by atoms with van der Waals surface area (Å²) in [5, 5.41) is 8.84. The number of likely N-dealkylation sites (tertiary alicyclic amines) is 2. The summed E-state index contributed by atoms with van der Waals surface area (Å²) in [4.78, 5) is 16.0. The van der Waals surface area contributed by atoms with Crippen LogP contribution in [0, 0.1) is 11.8 Å². The Hall–Kier alpha value is -0.610. The molecule has 0 saturated carbocycles. The lowest BCUT2D eigenvalue weighted by molar-refractivity contribution is -0.137. The van der Waals surface area contributed by atoms with Crippen molar-refractivity contribution in [3.8, 4) is 0 Å². The quantitative estimate of drug-likeness (QED) is 0.818. The number of piperidine rings is 2. The van der Waals surface area contributed by atoms with Crippen LogP contribution in [-0.4, -0.2) is 59.6 Å². The van der Waals surface area contributed by atoms with Gasteiger partial charge in [0.2, 0.25) is 0 Å². The number of carboxylic acid groups (broad SMARTS) is 1. The highest BCUT2D eigenvalue weighted by Crippen LogP contribution is 2.26. The zero-order chi connectivity index (χ0) is 15.2. The molecule has 2 aliphatic rings. The number of hydrogen-bond acceptors (Lipinski definition) is 3. The molecule has 1 atom stereocenters. The Morgan fingerprint density at radius 2 is 1.90 bits per heavy atom. The van der Waals surface area contributed by atoms with Crippen LogP contribution in [0.5, 0.6) is 0 Å². The number of aliphatic carboxylic acids is 1. The zero-order valence-corrected chi connectivity index (χ0v) is 13.8. The molecule has 2 saturated heterocycles. The molecule has 1 N–H and O–H groups in total. The van der Waals surface area contributed by atoms with Crippen LogP contribution in [0.4, 0.5) is 0 Å². The van der Waals surface area contributed by atoms with Crippen molar-refractivity contribution in [2.45, 2.75) is 58.4 Å². The monoisotopic (exact) mass is 296 g/mol. The van der Waals surface area contributed by atoms with Crippen molar-refractivity contribution < 1.29 is 9.90 Å². The Labute approximate surface area is 129 Å². The third kappa shape index (κ3) is 5.59. The third-order valence-corrected chi connectivity index (χ3v) is 5.01. The predicted octanol–water partition coefficient (Wildman–Crippen LogP) is 2.68. The summed E-state index contributed by atoms with van der Waals surface area (Å²) in [5.74, 6) is 0.717. The molecule has 2 fully saturated rings. The van der Waals surface area contributed by atoms with Gasteiger partial charge < -0.3 is 14.9 Å². The van der Waals surface area contributed by atoms with Gasteiger partial charge in [0.15, 0.2) is 0 Å². The first-order valence-corrected chi connectivity index (χ1v) is 8.72. The molecule has 4 nitrogen and oxygen atoms in total. The molecule has 4 heteroatoms. The van der Waals surface area contributed by atoms with Gasteiger partial charge in [0.1, 0.15) is 0 Å². The molecule has 0 aromatic carbocycles. The van der Waals surface area contributed by atoms with E-state index in [-0.39, 0.29) is 0 Å². The molecule has 0 bridgehead atoms. The topological polar surface area (TPSA) is 43.8 Å². The summed E-state index contributed by atoms with van der Waals surface area (Å²) in [7, 11) is 0. The van der Waals surface area contributed by atoms with E-state index >= 15 is 0 Å². The number of carboxylic acids is 1. The van der Waals surface area contributed by atoms with Crippen molar-refractivity contribution in [1.29, 1.82) is 0 Å². The first-order chi connectivity index (χ1) is 10.0. The Morgan fingerprint density at radius 1 is 1.19 bits per heavy atom. The van der Waals surface area contributed by atoms with Crippen LogP contribution in [0.2, 0.25) is 0 Å². The average molecular weight is 296 g/mol. The molecule has 21 heavy (non-hydrogen) atoms. The van der Waals surface area contributed by atoms with E-state index in [2.05, 4.69) is 23.6 Å². The van der Waals surface area contributed by atoms with E-state index in [0.29, 0.717) is 12.3 Å². The van der Waals surface area contributed by atoms with Gasteiger partial charge in [0.25, 0.3) is 0 Å².